The highest BCUT2D eigenvalue weighted by molar-refractivity contribution is 5.70. The van der Waals surface area contributed by atoms with Crippen LogP contribution in [0.1, 0.15) is 22.3 Å². The highest BCUT2D eigenvalue weighted by Crippen LogP contribution is 2.10. The van der Waals surface area contributed by atoms with Gasteiger partial charge in [0.1, 0.15) is 0 Å². The molecule has 0 saturated carbocycles. The highest BCUT2D eigenvalue weighted by Gasteiger charge is 1.91. The zero-order valence-corrected chi connectivity index (χ0v) is 11.5. The van der Waals surface area contributed by atoms with Crippen LogP contribution in [0.4, 0.5) is 4.79 Å². The second-order valence-electron chi connectivity index (χ2n) is 4.08. The minimum atomic E-state index is -1.83. The molecule has 0 aliphatic rings. The Morgan fingerprint density at radius 3 is 1.27 bits per heavy atom. The molecule has 108 valence electrons. The van der Waals surface area contributed by atoms with Gasteiger partial charge in [0, 0.05) is 0 Å². The highest BCUT2D eigenvalue weighted by atomic mass is 16.6. The maximum absolute atomic E-state index is 8.69. The van der Waals surface area contributed by atoms with Crippen LogP contribution >= 0.6 is 0 Å². The van der Waals surface area contributed by atoms with Gasteiger partial charge >= 0.3 is 6.16 Å². The van der Waals surface area contributed by atoms with Gasteiger partial charge in [0.25, 0.3) is 0 Å². The van der Waals surface area contributed by atoms with E-state index in [4.69, 9.17) is 25.5 Å². The van der Waals surface area contributed by atoms with E-state index < -0.39 is 6.16 Å². The maximum atomic E-state index is 8.69. The Bertz CT molecular complexity index is 670. The molecule has 0 radical (unpaired) electrons. The Kier molecular flexibility index (Phi) is 6.42. The SMILES string of the molecule is N#Cc1ccc(C=Cc2ccc(C#N)cc2)cc1.O=C(O)O. The molecule has 0 amide bonds. The van der Waals surface area contributed by atoms with Crippen molar-refractivity contribution in [1.82, 2.24) is 0 Å². The molecule has 0 heterocycles. The lowest BCUT2D eigenvalue weighted by molar-refractivity contribution is 0.137. The van der Waals surface area contributed by atoms with E-state index in [0.717, 1.165) is 11.1 Å². The lowest BCUT2D eigenvalue weighted by Gasteiger charge is -1.95. The van der Waals surface area contributed by atoms with Gasteiger partial charge in [0.15, 0.2) is 0 Å². The molecular formula is C17H12N2O3. The van der Waals surface area contributed by atoms with Crippen LogP contribution in [0.5, 0.6) is 0 Å². The van der Waals surface area contributed by atoms with Gasteiger partial charge < -0.3 is 10.2 Å². The topological polar surface area (TPSA) is 105 Å². The van der Waals surface area contributed by atoms with Crippen LogP contribution in [-0.2, 0) is 0 Å². The van der Waals surface area contributed by atoms with Crippen LogP contribution in [0.2, 0.25) is 0 Å². The Hall–Kier alpha value is -3.57. The Balaban J connectivity index is 0.000000541. The summed E-state index contributed by atoms with van der Waals surface area (Å²) in [7, 11) is 0. The number of benzene rings is 2. The number of carboxylic acid groups (broad SMARTS) is 2. The fraction of sp³-hybridized carbons (Fsp3) is 0. The van der Waals surface area contributed by atoms with Crippen LogP contribution in [0, 0.1) is 22.7 Å². The molecule has 2 rings (SSSR count). The van der Waals surface area contributed by atoms with Gasteiger partial charge in [-0.05, 0) is 35.4 Å². The number of carbonyl (C=O) groups is 1. The molecule has 0 atom stereocenters. The predicted octanol–water partition coefficient (Wildman–Crippen LogP) is 3.82. The second kappa shape index (κ2) is 8.57. The molecule has 0 saturated heterocycles. The first-order valence-electron chi connectivity index (χ1n) is 6.15. The van der Waals surface area contributed by atoms with Crippen LogP contribution in [0.15, 0.2) is 48.5 Å². The molecule has 0 fully saturated rings. The molecule has 0 aliphatic heterocycles. The minimum Gasteiger partial charge on any atom is -0.450 e. The average Bonchev–Trinajstić information content (AvgIpc) is 2.53. The molecule has 5 heteroatoms. The van der Waals surface area contributed by atoms with E-state index in [2.05, 4.69) is 12.1 Å². The van der Waals surface area contributed by atoms with Crippen molar-refractivity contribution in [2.24, 2.45) is 0 Å². The van der Waals surface area contributed by atoms with Crippen LogP contribution in [0.25, 0.3) is 12.2 Å². The maximum Gasteiger partial charge on any atom is 0.503 e. The summed E-state index contributed by atoms with van der Waals surface area (Å²) in [5, 5.41) is 31.3. The summed E-state index contributed by atoms with van der Waals surface area (Å²) in [6.07, 6.45) is 2.12. The Morgan fingerprint density at radius 1 is 0.773 bits per heavy atom. The lowest BCUT2D eigenvalue weighted by atomic mass is 10.1. The van der Waals surface area contributed by atoms with Crippen LogP contribution in [0.3, 0.4) is 0 Å². The fourth-order valence-electron chi connectivity index (χ4n) is 1.53. The van der Waals surface area contributed by atoms with Gasteiger partial charge in [-0.2, -0.15) is 10.5 Å². The van der Waals surface area contributed by atoms with Crippen molar-refractivity contribution in [2.45, 2.75) is 0 Å². The van der Waals surface area contributed by atoms with Gasteiger partial charge in [-0.1, -0.05) is 36.4 Å². The van der Waals surface area contributed by atoms with E-state index in [1.807, 2.05) is 36.4 Å². The normalized spacial score (nSPS) is 9.18. The van der Waals surface area contributed by atoms with E-state index >= 15 is 0 Å². The molecule has 0 aromatic heterocycles. The number of nitriles is 2. The van der Waals surface area contributed by atoms with Gasteiger partial charge in [-0.3, -0.25) is 0 Å². The Morgan fingerprint density at radius 2 is 1.05 bits per heavy atom. The summed E-state index contributed by atoms with van der Waals surface area (Å²) in [5.74, 6) is 0. The van der Waals surface area contributed by atoms with Crippen molar-refractivity contribution in [3.8, 4) is 12.1 Å². The first-order valence-corrected chi connectivity index (χ1v) is 6.15. The van der Waals surface area contributed by atoms with E-state index in [9.17, 15) is 0 Å². The third kappa shape index (κ3) is 6.05. The van der Waals surface area contributed by atoms with Crippen molar-refractivity contribution in [1.29, 1.82) is 10.5 Å². The smallest absolute Gasteiger partial charge is 0.450 e. The lowest BCUT2D eigenvalue weighted by Crippen LogP contribution is -1.81. The van der Waals surface area contributed by atoms with Gasteiger partial charge in [-0.25, -0.2) is 4.79 Å². The molecule has 0 aliphatic carbocycles. The molecule has 2 N–H and O–H groups in total. The quantitative estimate of drug-likeness (QED) is 0.818. The summed E-state index contributed by atoms with van der Waals surface area (Å²) in [6.45, 7) is 0. The fourth-order valence-corrected chi connectivity index (χ4v) is 1.53. The first kappa shape index (κ1) is 16.5. The van der Waals surface area contributed by atoms with Crippen molar-refractivity contribution in [2.75, 3.05) is 0 Å². The van der Waals surface area contributed by atoms with E-state index in [1.165, 1.54) is 0 Å². The number of hydrogen-bond donors (Lipinski definition) is 2. The zero-order chi connectivity index (χ0) is 16.4. The van der Waals surface area contributed by atoms with Gasteiger partial charge in [-0.15, -0.1) is 0 Å². The molecule has 0 unspecified atom stereocenters. The van der Waals surface area contributed by atoms with Crippen LogP contribution < -0.4 is 0 Å². The van der Waals surface area contributed by atoms with Crippen molar-refractivity contribution < 1.29 is 15.0 Å². The second-order valence-corrected chi connectivity index (χ2v) is 4.08. The first-order chi connectivity index (χ1) is 10.5. The van der Waals surface area contributed by atoms with Gasteiger partial charge in [0.2, 0.25) is 0 Å². The van der Waals surface area contributed by atoms with E-state index in [0.29, 0.717) is 11.1 Å². The summed E-state index contributed by atoms with van der Waals surface area (Å²) in [6, 6.07) is 18.9. The largest absolute Gasteiger partial charge is 0.503 e. The van der Waals surface area contributed by atoms with Crippen molar-refractivity contribution in [3.63, 3.8) is 0 Å². The number of nitrogens with zero attached hydrogens (tertiary/aromatic N) is 2. The molecule has 2 aromatic carbocycles. The zero-order valence-electron chi connectivity index (χ0n) is 11.5. The Labute approximate surface area is 127 Å². The molecule has 0 bridgehead atoms. The molecular weight excluding hydrogens is 280 g/mol. The molecule has 22 heavy (non-hydrogen) atoms. The third-order valence-electron chi connectivity index (χ3n) is 2.55. The summed E-state index contributed by atoms with van der Waals surface area (Å²) in [5.41, 5.74) is 3.40. The van der Waals surface area contributed by atoms with E-state index in [-0.39, 0.29) is 0 Å². The van der Waals surface area contributed by atoms with E-state index in [1.54, 1.807) is 24.3 Å². The number of hydrogen-bond acceptors (Lipinski definition) is 3. The minimum absolute atomic E-state index is 0.658. The summed E-state index contributed by atoms with van der Waals surface area (Å²) < 4.78 is 0. The van der Waals surface area contributed by atoms with Crippen molar-refractivity contribution in [3.05, 3.63) is 70.8 Å². The van der Waals surface area contributed by atoms with Gasteiger partial charge in [0.05, 0.1) is 23.3 Å². The monoisotopic (exact) mass is 292 g/mol. The van der Waals surface area contributed by atoms with Crippen molar-refractivity contribution >= 4 is 18.3 Å². The summed E-state index contributed by atoms with van der Waals surface area (Å²) in [4.78, 5) is 8.56. The molecule has 0 spiro atoms. The average molecular weight is 292 g/mol. The van der Waals surface area contributed by atoms with Crippen LogP contribution in [-0.4, -0.2) is 16.4 Å². The molecule has 5 nitrogen and oxygen atoms in total. The molecule has 2 aromatic rings. The predicted molar refractivity (Wildman–Crippen MR) is 81.9 cm³/mol. The third-order valence-corrected chi connectivity index (χ3v) is 2.55. The number of rotatable bonds is 2. The summed E-state index contributed by atoms with van der Waals surface area (Å²) >= 11 is 0. The standard InChI is InChI=1S/C16H10N2.CH2O3/c17-11-15-7-3-13(4-8-15)1-2-14-5-9-16(12-18)10-6-14;2-1(3)4/h1-10H;(H2,2,3,4).